The Kier molecular flexibility index (Phi) is 4.20. The number of carbonyl (C=O) groups is 1. The summed E-state index contributed by atoms with van der Waals surface area (Å²) in [7, 11) is 3.69. The molecule has 1 aliphatic heterocycles. The van der Waals surface area contributed by atoms with Crippen molar-refractivity contribution in [3.05, 3.63) is 24.3 Å². The summed E-state index contributed by atoms with van der Waals surface area (Å²) in [5, 5.41) is 2.96. The fourth-order valence-corrected chi connectivity index (χ4v) is 2.30. The maximum Gasteiger partial charge on any atom is 0.228 e. The zero-order valence-electron chi connectivity index (χ0n) is 11.0. The topological polar surface area (TPSA) is 41.6 Å². The van der Waals surface area contributed by atoms with Crippen LogP contribution in [-0.2, 0) is 4.79 Å². The highest BCUT2D eigenvalue weighted by Gasteiger charge is 2.23. The summed E-state index contributed by atoms with van der Waals surface area (Å²) in [6.07, 6.45) is 2.07. The number of piperidine rings is 1. The second-order valence-electron chi connectivity index (χ2n) is 4.82. The first kappa shape index (κ1) is 12.9. The van der Waals surface area contributed by atoms with E-state index in [4.69, 9.17) is 4.74 Å². The van der Waals surface area contributed by atoms with E-state index in [-0.39, 0.29) is 11.8 Å². The molecule has 1 aromatic carbocycles. The minimum atomic E-state index is 0.103. The molecule has 1 aromatic rings. The van der Waals surface area contributed by atoms with Gasteiger partial charge in [-0.2, -0.15) is 0 Å². The molecule has 2 rings (SSSR count). The minimum Gasteiger partial charge on any atom is -0.497 e. The van der Waals surface area contributed by atoms with Crippen molar-refractivity contribution in [2.75, 3.05) is 32.6 Å². The smallest absolute Gasteiger partial charge is 0.228 e. The number of benzene rings is 1. The van der Waals surface area contributed by atoms with Crippen LogP contribution in [0.4, 0.5) is 5.69 Å². The third kappa shape index (κ3) is 3.23. The van der Waals surface area contributed by atoms with E-state index in [0.29, 0.717) is 0 Å². The van der Waals surface area contributed by atoms with Crippen LogP contribution < -0.4 is 10.1 Å². The monoisotopic (exact) mass is 248 g/mol. The molecule has 4 nitrogen and oxygen atoms in total. The van der Waals surface area contributed by atoms with Gasteiger partial charge in [0, 0.05) is 12.2 Å². The maximum absolute atomic E-state index is 12.1. The molecular weight excluding hydrogens is 228 g/mol. The number of ether oxygens (including phenoxy) is 1. The van der Waals surface area contributed by atoms with E-state index in [1.54, 1.807) is 7.11 Å². The van der Waals surface area contributed by atoms with Gasteiger partial charge in [-0.3, -0.25) is 4.79 Å². The molecule has 1 amide bonds. The molecule has 0 unspecified atom stereocenters. The lowest BCUT2D eigenvalue weighted by Gasteiger charge is -2.28. The van der Waals surface area contributed by atoms with Crippen LogP contribution in [0.5, 0.6) is 5.75 Å². The summed E-state index contributed by atoms with van der Waals surface area (Å²) in [5.41, 5.74) is 0.828. The van der Waals surface area contributed by atoms with Gasteiger partial charge in [0.25, 0.3) is 0 Å². The van der Waals surface area contributed by atoms with Crippen LogP contribution in [-0.4, -0.2) is 38.1 Å². The molecule has 1 N–H and O–H groups in total. The molecule has 1 aliphatic rings. The third-order valence-corrected chi connectivity index (χ3v) is 3.35. The van der Waals surface area contributed by atoms with Gasteiger partial charge in [0.05, 0.1) is 13.0 Å². The predicted molar refractivity (Wildman–Crippen MR) is 71.8 cm³/mol. The van der Waals surface area contributed by atoms with Crippen molar-refractivity contribution >= 4 is 11.6 Å². The van der Waals surface area contributed by atoms with E-state index in [1.807, 2.05) is 24.3 Å². The predicted octanol–water partition coefficient (Wildman–Crippen LogP) is 1.98. The van der Waals surface area contributed by atoms with Gasteiger partial charge < -0.3 is 15.0 Å². The van der Waals surface area contributed by atoms with Crippen LogP contribution in [0.3, 0.4) is 0 Å². The maximum atomic E-state index is 12.1. The number of nitrogens with zero attached hydrogens (tertiary/aromatic N) is 1. The first-order valence-electron chi connectivity index (χ1n) is 6.32. The number of amides is 1. The van der Waals surface area contributed by atoms with Gasteiger partial charge in [0.1, 0.15) is 5.75 Å². The van der Waals surface area contributed by atoms with Crippen LogP contribution in [0, 0.1) is 5.92 Å². The second-order valence-corrected chi connectivity index (χ2v) is 4.82. The number of nitrogens with one attached hydrogen (secondary N) is 1. The number of anilines is 1. The third-order valence-electron chi connectivity index (χ3n) is 3.35. The highest BCUT2D eigenvalue weighted by atomic mass is 16.5. The van der Waals surface area contributed by atoms with Crippen LogP contribution in [0.2, 0.25) is 0 Å². The summed E-state index contributed by atoms with van der Waals surface area (Å²) in [6, 6.07) is 7.43. The molecule has 1 heterocycles. The van der Waals surface area contributed by atoms with Crippen molar-refractivity contribution in [1.82, 2.24) is 4.90 Å². The number of carbonyl (C=O) groups excluding carboxylic acids is 1. The lowest BCUT2D eigenvalue weighted by atomic mass is 9.97. The van der Waals surface area contributed by atoms with E-state index in [1.165, 1.54) is 0 Å². The Balaban J connectivity index is 1.93. The molecule has 18 heavy (non-hydrogen) atoms. The largest absolute Gasteiger partial charge is 0.497 e. The number of hydrogen-bond acceptors (Lipinski definition) is 3. The molecule has 1 atom stereocenters. The quantitative estimate of drug-likeness (QED) is 0.889. The summed E-state index contributed by atoms with van der Waals surface area (Å²) in [4.78, 5) is 14.3. The normalized spacial score (nSPS) is 20.4. The van der Waals surface area contributed by atoms with Gasteiger partial charge in [0.2, 0.25) is 5.91 Å². The zero-order valence-corrected chi connectivity index (χ0v) is 11.0. The molecular formula is C14H20N2O2. The summed E-state index contributed by atoms with van der Waals surface area (Å²) in [6.45, 7) is 1.94. The Morgan fingerprint density at radius 1 is 1.39 bits per heavy atom. The number of likely N-dealkylation sites (tertiary alicyclic amines) is 1. The first-order valence-corrected chi connectivity index (χ1v) is 6.32. The Morgan fingerprint density at radius 3 is 2.72 bits per heavy atom. The van der Waals surface area contributed by atoms with Gasteiger partial charge in [-0.25, -0.2) is 0 Å². The highest BCUT2D eigenvalue weighted by Crippen LogP contribution is 2.19. The molecule has 0 spiro atoms. The van der Waals surface area contributed by atoms with E-state index in [0.717, 1.165) is 37.4 Å². The van der Waals surface area contributed by atoms with Crippen molar-refractivity contribution in [2.24, 2.45) is 5.92 Å². The Hall–Kier alpha value is -1.55. The molecule has 0 aliphatic carbocycles. The van der Waals surface area contributed by atoms with E-state index < -0.39 is 0 Å². The summed E-state index contributed by atoms with van der Waals surface area (Å²) < 4.78 is 5.09. The van der Waals surface area contributed by atoms with Gasteiger partial charge in [-0.15, -0.1) is 0 Å². The fourth-order valence-electron chi connectivity index (χ4n) is 2.30. The van der Waals surface area contributed by atoms with E-state index in [2.05, 4.69) is 17.3 Å². The molecule has 1 saturated heterocycles. The van der Waals surface area contributed by atoms with Crippen molar-refractivity contribution in [2.45, 2.75) is 12.8 Å². The average molecular weight is 248 g/mol. The van der Waals surface area contributed by atoms with Crippen molar-refractivity contribution in [3.8, 4) is 5.75 Å². The van der Waals surface area contributed by atoms with Crippen LogP contribution >= 0.6 is 0 Å². The van der Waals surface area contributed by atoms with E-state index >= 15 is 0 Å². The molecule has 1 fully saturated rings. The molecule has 0 bridgehead atoms. The van der Waals surface area contributed by atoms with E-state index in [9.17, 15) is 4.79 Å². The molecule has 0 aromatic heterocycles. The fraction of sp³-hybridized carbons (Fsp3) is 0.500. The number of methoxy groups -OCH3 is 1. The Labute approximate surface area is 108 Å². The molecule has 0 saturated carbocycles. The van der Waals surface area contributed by atoms with Crippen molar-refractivity contribution in [1.29, 1.82) is 0 Å². The first-order chi connectivity index (χ1) is 8.69. The number of hydrogen-bond donors (Lipinski definition) is 1. The number of rotatable bonds is 3. The van der Waals surface area contributed by atoms with Crippen LogP contribution in [0.15, 0.2) is 24.3 Å². The van der Waals surface area contributed by atoms with Crippen molar-refractivity contribution in [3.63, 3.8) is 0 Å². The molecule has 98 valence electrons. The lowest BCUT2D eigenvalue weighted by molar-refractivity contribution is -0.121. The standard InChI is InChI=1S/C14H20N2O2/c1-16-9-3-4-11(10-16)14(17)15-12-5-7-13(18-2)8-6-12/h5-8,11H,3-4,9-10H2,1-2H3,(H,15,17)/t11-/m0/s1. The second kappa shape index (κ2) is 5.87. The van der Waals surface area contributed by atoms with Gasteiger partial charge >= 0.3 is 0 Å². The highest BCUT2D eigenvalue weighted by molar-refractivity contribution is 5.92. The average Bonchev–Trinajstić information content (AvgIpc) is 2.39. The van der Waals surface area contributed by atoms with Crippen molar-refractivity contribution < 1.29 is 9.53 Å². The minimum absolute atomic E-state index is 0.103. The molecule has 4 heteroatoms. The summed E-state index contributed by atoms with van der Waals surface area (Å²) in [5.74, 6) is 1.02. The van der Waals surface area contributed by atoms with Gasteiger partial charge in [-0.05, 0) is 50.7 Å². The Morgan fingerprint density at radius 2 is 2.11 bits per heavy atom. The SMILES string of the molecule is COc1ccc(NC(=O)[C@H]2CCCN(C)C2)cc1. The van der Waals surface area contributed by atoms with Gasteiger partial charge in [-0.1, -0.05) is 0 Å². The lowest BCUT2D eigenvalue weighted by Crippen LogP contribution is -2.38. The summed E-state index contributed by atoms with van der Waals surface area (Å²) >= 11 is 0. The Bertz CT molecular complexity index is 403. The van der Waals surface area contributed by atoms with Gasteiger partial charge in [0.15, 0.2) is 0 Å². The van der Waals surface area contributed by atoms with Crippen LogP contribution in [0.1, 0.15) is 12.8 Å². The van der Waals surface area contributed by atoms with Crippen LogP contribution in [0.25, 0.3) is 0 Å². The molecule has 0 radical (unpaired) electrons. The zero-order chi connectivity index (χ0) is 13.0.